The minimum absolute atomic E-state index is 1.01. The van der Waals surface area contributed by atoms with E-state index in [1.165, 1.54) is 42.6 Å². The zero-order valence-corrected chi connectivity index (χ0v) is 12.6. The first kappa shape index (κ1) is 14.0. The molecule has 0 radical (unpaired) electrons. The lowest BCUT2D eigenvalue weighted by Gasteiger charge is -2.14. The Kier molecular flexibility index (Phi) is 4.46. The Morgan fingerprint density at radius 3 is 2.71 bits per heavy atom. The lowest BCUT2D eigenvalue weighted by atomic mass is 10.00. The van der Waals surface area contributed by atoms with E-state index in [2.05, 4.69) is 59.3 Å². The summed E-state index contributed by atoms with van der Waals surface area (Å²) >= 11 is 0. The number of aromatic nitrogens is 1. The number of rotatable bonds is 4. The van der Waals surface area contributed by atoms with E-state index in [0.29, 0.717) is 0 Å². The van der Waals surface area contributed by atoms with Crippen LogP contribution in [-0.2, 0) is 0 Å². The Hall–Kier alpha value is -1.93. The van der Waals surface area contributed by atoms with Gasteiger partial charge in [-0.2, -0.15) is 0 Å². The van der Waals surface area contributed by atoms with Crippen LogP contribution in [0.5, 0.6) is 0 Å². The molecule has 2 heteroatoms. The maximum Gasteiger partial charge on any atom is 0.0705 e. The predicted octanol–water partition coefficient (Wildman–Crippen LogP) is 3.92. The molecule has 0 amide bonds. The highest BCUT2D eigenvalue weighted by Gasteiger charge is 2.11. The molecular formula is C19H22N2. The molecule has 1 aliphatic rings. The van der Waals surface area contributed by atoms with Crippen LogP contribution in [0.15, 0.2) is 54.7 Å². The summed E-state index contributed by atoms with van der Waals surface area (Å²) in [6.45, 7) is 5.60. The first-order valence-corrected chi connectivity index (χ1v) is 7.74. The number of hydrogen-bond donors (Lipinski definition) is 0. The summed E-state index contributed by atoms with van der Waals surface area (Å²) in [5, 5.41) is 0. The van der Waals surface area contributed by atoms with Crippen LogP contribution >= 0.6 is 0 Å². The Morgan fingerprint density at radius 2 is 2.00 bits per heavy atom. The van der Waals surface area contributed by atoms with Crippen molar-refractivity contribution in [2.45, 2.75) is 19.8 Å². The first-order chi connectivity index (χ1) is 10.3. The van der Waals surface area contributed by atoms with Gasteiger partial charge in [-0.1, -0.05) is 42.0 Å². The van der Waals surface area contributed by atoms with Crippen molar-refractivity contribution < 1.29 is 0 Å². The molecule has 21 heavy (non-hydrogen) atoms. The van der Waals surface area contributed by atoms with E-state index in [4.69, 9.17) is 0 Å². The molecule has 1 aromatic carbocycles. The molecule has 1 fully saturated rings. The van der Waals surface area contributed by atoms with Crippen molar-refractivity contribution in [2.75, 3.05) is 19.6 Å². The van der Waals surface area contributed by atoms with Crippen LogP contribution in [0.3, 0.4) is 0 Å². The van der Waals surface area contributed by atoms with Crippen LogP contribution in [0.4, 0.5) is 0 Å². The van der Waals surface area contributed by atoms with E-state index < -0.39 is 0 Å². The van der Waals surface area contributed by atoms with Crippen molar-refractivity contribution in [1.29, 1.82) is 0 Å². The third-order valence-electron chi connectivity index (χ3n) is 4.02. The van der Waals surface area contributed by atoms with E-state index in [0.717, 1.165) is 12.2 Å². The van der Waals surface area contributed by atoms with Gasteiger partial charge >= 0.3 is 0 Å². The van der Waals surface area contributed by atoms with Gasteiger partial charge in [0, 0.05) is 18.3 Å². The lowest BCUT2D eigenvalue weighted by Crippen LogP contribution is -2.19. The standard InChI is InChI=1S/C19H22N2/c1-16-7-6-8-17(15-16)18(19-9-2-3-11-20-19)10-14-21-12-4-5-13-21/h2-3,6-11,15H,4-5,12-14H2,1H3. The third kappa shape index (κ3) is 3.59. The summed E-state index contributed by atoms with van der Waals surface area (Å²) in [4.78, 5) is 7.06. The summed E-state index contributed by atoms with van der Waals surface area (Å²) in [6, 6.07) is 14.8. The maximum absolute atomic E-state index is 4.54. The van der Waals surface area contributed by atoms with Crippen LogP contribution in [0.25, 0.3) is 5.57 Å². The Labute approximate surface area is 127 Å². The molecule has 0 spiro atoms. The van der Waals surface area contributed by atoms with Crippen molar-refractivity contribution in [3.63, 3.8) is 0 Å². The molecule has 1 aromatic heterocycles. The number of aryl methyl sites for hydroxylation is 1. The number of likely N-dealkylation sites (tertiary alicyclic amines) is 1. The zero-order chi connectivity index (χ0) is 14.5. The molecule has 2 aromatic rings. The largest absolute Gasteiger partial charge is 0.300 e. The smallest absolute Gasteiger partial charge is 0.0705 e. The molecule has 1 saturated heterocycles. The van der Waals surface area contributed by atoms with Gasteiger partial charge in [-0.3, -0.25) is 9.88 Å². The summed E-state index contributed by atoms with van der Waals surface area (Å²) in [6.07, 6.45) is 6.87. The minimum Gasteiger partial charge on any atom is -0.300 e. The van der Waals surface area contributed by atoms with Crippen molar-refractivity contribution in [3.05, 3.63) is 71.6 Å². The van der Waals surface area contributed by atoms with Crippen molar-refractivity contribution >= 4 is 5.57 Å². The molecule has 0 saturated carbocycles. The maximum atomic E-state index is 4.54. The molecule has 0 aliphatic carbocycles. The predicted molar refractivity (Wildman–Crippen MR) is 88.2 cm³/mol. The molecular weight excluding hydrogens is 256 g/mol. The van der Waals surface area contributed by atoms with Crippen LogP contribution in [0, 0.1) is 6.92 Å². The molecule has 2 nitrogen and oxygen atoms in total. The summed E-state index contributed by atoms with van der Waals surface area (Å²) in [5.74, 6) is 0. The topological polar surface area (TPSA) is 16.1 Å². The van der Waals surface area contributed by atoms with Crippen LogP contribution in [-0.4, -0.2) is 29.5 Å². The average molecular weight is 278 g/mol. The number of pyridine rings is 1. The minimum atomic E-state index is 1.01. The summed E-state index contributed by atoms with van der Waals surface area (Å²) in [7, 11) is 0. The normalized spacial score (nSPS) is 16.3. The molecule has 2 heterocycles. The summed E-state index contributed by atoms with van der Waals surface area (Å²) in [5.41, 5.74) is 4.84. The Balaban J connectivity index is 1.92. The number of hydrogen-bond acceptors (Lipinski definition) is 2. The molecule has 1 aliphatic heterocycles. The fourth-order valence-corrected chi connectivity index (χ4v) is 2.89. The average Bonchev–Trinajstić information content (AvgIpc) is 3.02. The molecule has 0 bridgehead atoms. The van der Waals surface area contributed by atoms with Crippen molar-refractivity contribution in [3.8, 4) is 0 Å². The zero-order valence-electron chi connectivity index (χ0n) is 12.6. The van der Waals surface area contributed by atoms with Gasteiger partial charge in [-0.25, -0.2) is 0 Å². The molecule has 0 atom stereocenters. The van der Waals surface area contributed by atoms with E-state index in [1.54, 1.807) is 0 Å². The van der Waals surface area contributed by atoms with E-state index in [9.17, 15) is 0 Å². The highest BCUT2D eigenvalue weighted by Crippen LogP contribution is 2.23. The van der Waals surface area contributed by atoms with Gasteiger partial charge < -0.3 is 0 Å². The molecule has 0 unspecified atom stereocenters. The SMILES string of the molecule is Cc1cccc(C(=CCN2CCCC2)c2ccccn2)c1. The van der Waals surface area contributed by atoms with Gasteiger partial charge in [0.1, 0.15) is 0 Å². The van der Waals surface area contributed by atoms with Gasteiger partial charge in [-0.05, 0) is 50.6 Å². The van der Waals surface area contributed by atoms with Gasteiger partial charge in [0.25, 0.3) is 0 Å². The van der Waals surface area contributed by atoms with E-state index >= 15 is 0 Å². The quantitative estimate of drug-likeness (QED) is 0.842. The van der Waals surface area contributed by atoms with Crippen molar-refractivity contribution in [1.82, 2.24) is 9.88 Å². The first-order valence-electron chi connectivity index (χ1n) is 7.74. The highest BCUT2D eigenvalue weighted by atomic mass is 15.1. The van der Waals surface area contributed by atoms with Gasteiger partial charge in [0.05, 0.1) is 5.69 Å². The third-order valence-corrected chi connectivity index (χ3v) is 4.02. The fourth-order valence-electron chi connectivity index (χ4n) is 2.89. The number of benzene rings is 1. The van der Waals surface area contributed by atoms with Crippen molar-refractivity contribution in [2.24, 2.45) is 0 Å². The lowest BCUT2D eigenvalue weighted by molar-refractivity contribution is 0.377. The van der Waals surface area contributed by atoms with Gasteiger partial charge in [0.15, 0.2) is 0 Å². The Morgan fingerprint density at radius 1 is 1.14 bits per heavy atom. The molecule has 3 rings (SSSR count). The monoisotopic (exact) mass is 278 g/mol. The van der Waals surface area contributed by atoms with Gasteiger partial charge in [0.2, 0.25) is 0 Å². The Bertz CT molecular complexity index is 610. The second kappa shape index (κ2) is 6.68. The second-order valence-electron chi connectivity index (χ2n) is 5.71. The molecule has 0 N–H and O–H groups in total. The van der Waals surface area contributed by atoms with E-state index in [1.807, 2.05) is 12.3 Å². The second-order valence-corrected chi connectivity index (χ2v) is 5.71. The fraction of sp³-hybridized carbons (Fsp3) is 0.316. The van der Waals surface area contributed by atoms with Crippen LogP contribution in [0.2, 0.25) is 0 Å². The summed E-state index contributed by atoms with van der Waals surface area (Å²) < 4.78 is 0. The number of nitrogens with zero attached hydrogens (tertiary/aromatic N) is 2. The van der Waals surface area contributed by atoms with Crippen LogP contribution < -0.4 is 0 Å². The van der Waals surface area contributed by atoms with Crippen LogP contribution in [0.1, 0.15) is 29.7 Å². The van der Waals surface area contributed by atoms with E-state index in [-0.39, 0.29) is 0 Å². The molecule has 108 valence electrons. The van der Waals surface area contributed by atoms with Gasteiger partial charge in [-0.15, -0.1) is 0 Å². The highest BCUT2D eigenvalue weighted by molar-refractivity contribution is 5.78.